The van der Waals surface area contributed by atoms with E-state index in [1.807, 2.05) is 22.7 Å². The van der Waals surface area contributed by atoms with E-state index in [2.05, 4.69) is 218 Å². The molecule has 280 valence electrons. The number of hydrogen-bond donors (Lipinski definition) is 0. The van der Waals surface area contributed by atoms with Crippen LogP contribution in [0.15, 0.2) is 194 Å². The summed E-state index contributed by atoms with van der Waals surface area (Å²) in [5.41, 5.74) is 12.0. The van der Waals surface area contributed by atoms with Crippen molar-refractivity contribution in [2.45, 2.75) is 19.3 Å². The Morgan fingerprint density at radius 1 is 0.339 bits per heavy atom. The van der Waals surface area contributed by atoms with E-state index in [9.17, 15) is 0 Å². The van der Waals surface area contributed by atoms with Crippen molar-refractivity contribution >= 4 is 108 Å². The molecule has 0 aliphatic heterocycles. The molecule has 0 radical (unpaired) electrons. The average molecular weight is 791 g/mol. The highest BCUT2D eigenvalue weighted by Gasteiger charge is 2.38. The van der Waals surface area contributed by atoms with E-state index in [0.29, 0.717) is 0 Å². The Morgan fingerprint density at radius 2 is 0.797 bits per heavy atom. The summed E-state index contributed by atoms with van der Waals surface area (Å²) in [5.74, 6) is 0. The van der Waals surface area contributed by atoms with Gasteiger partial charge < -0.3 is 9.80 Å². The Balaban J connectivity index is 1.05. The predicted molar refractivity (Wildman–Crippen MR) is 257 cm³/mol. The molecule has 59 heavy (non-hydrogen) atoms. The Morgan fingerprint density at radius 3 is 1.41 bits per heavy atom. The lowest BCUT2D eigenvalue weighted by molar-refractivity contribution is 0.661. The monoisotopic (exact) mass is 790 g/mol. The summed E-state index contributed by atoms with van der Waals surface area (Å²) >= 11 is 3.73. The van der Waals surface area contributed by atoms with Gasteiger partial charge in [-0.3, -0.25) is 0 Å². The van der Waals surface area contributed by atoms with Gasteiger partial charge >= 0.3 is 0 Å². The number of benzene rings is 9. The molecule has 0 saturated heterocycles. The number of hydrogen-bond acceptors (Lipinski definition) is 4. The summed E-state index contributed by atoms with van der Waals surface area (Å²) in [6, 6.07) is 71.8. The number of thiophene rings is 2. The van der Waals surface area contributed by atoms with E-state index in [4.69, 9.17) is 0 Å². The molecular weight excluding hydrogens is 753 g/mol. The van der Waals surface area contributed by atoms with Crippen LogP contribution < -0.4 is 9.80 Å². The number of nitrogens with zero attached hydrogens (tertiary/aromatic N) is 2. The summed E-state index contributed by atoms with van der Waals surface area (Å²) in [5, 5.41) is 7.72. The Labute approximate surface area is 351 Å². The predicted octanol–water partition coefficient (Wildman–Crippen LogP) is 16.8. The zero-order chi connectivity index (χ0) is 39.2. The zero-order valence-corrected chi connectivity index (χ0v) is 34.3. The van der Waals surface area contributed by atoms with Crippen molar-refractivity contribution in [1.82, 2.24) is 0 Å². The lowest BCUT2D eigenvalue weighted by Gasteiger charge is -2.30. The fourth-order valence-electron chi connectivity index (χ4n) is 9.61. The molecule has 2 nitrogen and oxygen atoms in total. The molecule has 0 amide bonds. The van der Waals surface area contributed by atoms with Crippen molar-refractivity contribution in [1.29, 1.82) is 0 Å². The van der Waals surface area contributed by atoms with Gasteiger partial charge in [0.05, 0.1) is 5.69 Å². The van der Waals surface area contributed by atoms with Gasteiger partial charge in [-0.05, 0) is 119 Å². The van der Waals surface area contributed by atoms with Crippen LogP contribution in [0.2, 0.25) is 0 Å². The molecular formula is C55H38N2S2. The maximum absolute atomic E-state index is 2.49. The van der Waals surface area contributed by atoms with Crippen molar-refractivity contribution in [3.8, 4) is 11.1 Å². The van der Waals surface area contributed by atoms with Gasteiger partial charge in [-0.25, -0.2) is 0 Å². The standard InChI is InChI=1S/C55H38N2S2/c1-55(2)47-33-39(56(35-15-5-3-6-16-35)37-26-29-52-45(31-37)41-20-11-13-23-50(41)58-52)25-28-44(47)54-43-22-10-9-19-40(43)49(34-48(54)55)57(36-17-7-4-8-18-36)38-27-30-53-46(32-38)42-21-12-14-24-51(42)59-53/h3-34H,1-2H3. The summed E-state index contributed by atoms with van der Waals surface area (Å²) < 4.78 is 5.26. The molecule has 4 heteroatoms. The molecule has 0 spiro atoms. The third kappa shape index (κ3) is 5.30. The molecule has 0 bridgehead atoms. The van der Waals surface area contributed by atoms with Gasteiger partial charge in [-0.15, -0.1) is 22.7 Å². The zero-order valence-electron chi connectivity index (χ0n) is 32.7. The number of fused-ring (bicyclic) bond motifs is 11. The van der Waals surface area contributed by atoms with Gasteiger partial charge in [0.2, 0.25) is 0 Å². The number of rotatable bonds is 6. The van der Waals surface area contributed by atoms with Gasteiger partial charge in [-0.2, -0.15) is 0 Å². The maximum atomic E-state index is 2.49. The largest absolute Gasteiger partial charge is 0.310 e. The molecule has 9 aromatic carbocycles. The molecule has 0 fully saturated rings. The third-order valence-electron chi connectivity index (χ3n) is 12.4. The van der Waals surface area contributed by atoms with Crippen LogP contribution in [0.25, 0.3) is 62.2 Å². The van der Waals surface area contributed by atoms with E-state index in [1.165, 1.54) is 79.1 Å². The van der Waals surface area contributed by atoms with E-state index in [0.717, 1.165) is 28.4 Å². The van der Waals surface area contributed by atoms with E-state index >= 15 is 0 Å². The molecule has 2 heterocycles. The van der Waals surface area contributed by atoms with Crippen LogP contribution in [0.1, 0.15) is 25.0 Å². The Kier molecular flexibility index (Phi) is 7.65. The highest BCUT2D eigenvalue weighted by atomic mass is 32.1. The van der Waals surface area contributed by atoms with E-state index < -0.39 is 0 Å². The smallest absolute Gasteiger partial charge is 0.0543 e. The van der Waals surface area contributed by atoms with Gasteiger partial charge in [-0.1, -0.05) is 117 Å². The topological polar surface area (TPSA) is 6.48 Å². The first-order valence-corrected chi connectivity index (χ1v) is 21.9. The molecule has 11 aromatic rings. The lowest BCUT2D eigenvalue weighted by atomic mass is 9.81. The highest BCUT2D eigenvalue weighted by Crippen LogP contribution is 2.56. The van der Waals surface area contributed by atoms with E-state index in [1.54, 1.807) is 0 Å². The second kappa shape index (κ2) is 13.2. The van der Waals surface area contributed by atoms with Crippen LogP contribution in [-0.4, -0.2) is 0 Å². The van der Waals surface area contributed by atoms with Crippen LogP contribution >= 0.6 is 22.7 Å². The van der Waals surface area contributed by atoms with Crippen LogP contribution in [0.5, 0.6) is 0 Å². The lowest BCUT2D eigenvalue weighted by Crippen LogP contribution is -2.18. The first kappa shape index (κ1) is 34.3. The fraction of sp³-hybridized carbons (Fsp3) is 0.0545. The first-order chi connectivity index (χ1) is 29.0. The Bertz CT molecular complexity index is 3430. The number of anilines is 6. The molecule has 0 N–H and O–H groups in total. The number of para-hydroxylation sites is 2. The van der Waals surface area contributed by atoms with Crippen LogP contribution in [-0.2, 0) is 5.41 Å². The minimum absolute atomic E-state index is 0.273. The molecule has 0 unspecified atom stereocenters. The van der Waals surface area contributed by atoms with Crippen molar-refractivity contribution < 1.29 is 0 Å². The van der Waals surface area contributed by atoms with Crippen LogP contribution in [0.4, 0.5) is 34.1 Å². The highest BCUT2D eigenvalue weighted by molar-refractivity contribution is 7.26. The normalized spacial score (nSPS) is 13.1. The quantitative estimate of drug-likeness (QED) is 0.166. The summed E-state index contributed by atoms with van der Waals surface area (Å²) in [7, 11) is 0. The van der Waals surface area contributed by atoms with E-state index in [-0.39, 0.29) is 5.41 Å². The van der Waals surface area contributed by atoms with Gasteiger partial charge in [0.25, 0.3) is 0 Å². The summed E-state index contributed by atoms with van der Waals surface area (Å²) in [6.07, 6.45) is 0. The van der Waals surface area contributed by atoms with Crippen LogP contribution in [0, 0.1) is 0 Å². The SMILES string of the molecule is CC1(C)c2cc(N(c3ccccc3)c3ccc4sc5ccccc5c4c3)ccc2-c2c1cc(N(c1ccccc1)c1ccc3sc4ccccc4c3c1)c1ccccc21. The van der Waals surface area contributed by atoms with Gasteiger partial charge in [0.1, 0.15) is 0 Å². The fourth-order valence-corrected chi connectivity index (χ4v) is 11.8. The van der Waals surface area contributed by atoms with Gasteiger partial charge in [0.15, 0.2) is 0 Å². The van der Waals surface area contributed by atoms with Gasteiger partial charge in [0, 0.05) is 79.6 Å². The second-order valence-corrected chi connectivity index (χ2v) is 18.3. The van der Waals surface area contributed by atoms with Crippen molar-refractivity contribution in [3.63, 3.8) is 0 Å². The Hall–Kier alpha value is -6.72. The van der Waals surface area contributed by atoms with Crippen LogP contribution in [0.3, 0.4) is 0 Å². The summed E-state index contributed by atoms with van der Waals surface area (Å²) in [6.45, 7) is 4.82. The molecule has 2 aromatic heterocycles. The summed E-state index contributed by atoms with van der Waals surface area (Å²) in [4.78, 5) is 4.90. The minimum Gasteiger partial charge on any atom is -0.310 e. The minimum atomic E-state index is -0.273. The molecule has 0 saturated carbocycles. The average Bonchev–Trinajstić information content (AvgIpc) is 3.92. The third-order valence-corrected chi connectivity index (χ3v) is 14.7. The van der Waals surface area contributed by atoms with Crippen molar-refractivity contribution in [3.05, 3.63) is 205 Å². The van der Waals surface area contributed by atoms with Crippen molar-refractivity contribution in [2.75, 3.05) is 9.80 Å². The molecule has 0 atom stereocenters. The first-order valence-electron chi connectivity index (χ1n) is 20.3. The molecule has 1 aliphatic rings. The maximum Gasteiger partial charge on any atom is 0.0543 e. The molecule has 12 rings (SSSR count). The molecule has 1 aliphatic carbocycles. The van der Waals surface area contributed by atoms with Crippen molar-refractivity contribution in [2.24, 2.45) is 0 Å². The second-order valence-electron chi connectivity index (χ2n) is 16.1.